The zero-order valence-corrected chi connectivity index (χ0v) is 16.1. The zero-order valence-electron chi connectivity index (χ0n) is 15.3. The predicted molar refractivity (Wildman–Crippen MR) is 102 cm³/mol. The maximum atomic E-state index is 12.5. The van der Waals surface area contributed by atoms with E-state index in [1.54, 1.807) is 35.4 Å². The van der Waals surface area contributed by atoms with Gasteiger partial charge < -0.3 is 24.4 Å². The van der Waals surface area contributed by atoms with Crippen LogP contribution in [0, 0.1) is 0 Å². The molecule has 1 aromatic rings. The summed E-state index contributed by atoms with van der Waals surface area (Å²) in [4.78, 5) is 26.5. The van der Waals surface area contributed by atoms with Gasteiger partial charge in [-0.3, -0.25) is 4.79 Å². The predicted octanol–water partition coefficient (Wildman–Crippen LogP) is 0.783. The van der Waals surface area contributed by atoms with Gasteiger partial charge in [-0.05, 0) is 31.2 Å². The third kappa shape index (κ3) is 3.94. The third-order valence-corrected chi connectivity index (χ3v) is 5.52. The summed E-state index contributed by atoms with van der Waals surface area (Å²) in [6.45, 7) is 1.71. The molecule has 3 heterocycles. The number of hydrogen-bond donors (Lipinski definition) is 1. The van der Waals surface area contributed by atoms with Crippen LogP contribution in [0.1, 0.15) is 6.92 Å². The van der Waals surface area contributed by atoms with Crippen LogP contribution in [0.3, 0.4) is 0 Å². The summed E-state index contributed by atoms with van der Waals surface area (Å²) >= 11 is 0. The van der Waals surface area contributed by atoms with Crippen LogP contribution in [0.4, 0.5) is 5.69 Å². The molecule has 10 nitrogen and oxygen atoms in total. The molecule has 1 atom stereocenters. The summed E-state index contributed by atoms with van der Waals surface area (Å²) in [5, 5.41) is 2.63. The summed E-state index contributed by atoms with van der Waals surface area (Å²) in [7, 11) is -3.65. The second-order valence-electron chi connectivity index (χ2n) is 6.42. The van der Waals surface area contributed by atoms with Crippen LogP contribution >= 0.6 is 0 Å². The molecule has 0 saturated carbocycles. The lowest BCUT2D eigenvalue weighted by Crippen LogP contribution is -2.41. The topological polar surface area (TPSA) is 124 Å². The molecule has 11 heteroatoms. The Hall–Kier alpha value is -3.34. The summed E-state index contributed by atoms with van der Waals surface area (Å²) in [6.07, 6.45) is 3.49. The molecule has 152 valence electrons. The number of rotatable bonds is 4. The number of sulfonamides is 1. The maximum absolute atomic E-state index is 12.5. The number of anilines is 1. The fourth-order valence-electron chi connectivity index (χ4n) is 2.87. The number of carbonyl (C=O) groups is 2. The molecule has 0 saturated heterocycles. The van der Waals surface area contributed by atoms with Crippen LogP contribution < -0.4 is 14.8 Å². The number of fused-ring (bicyclic) bond motifs is 2. The van der Waals surface area contributed by atoms with Gasteiger partial charge in [-0.25, -0.2) is 13.2 Å². The van der Waals surface area contributed by atoms with Crippen molar-refractivity contribution >= 4 is 33.4 Å². The number of allylic oxidation sites excluding steroid dienone is 2. The Morgan fingerprint density at radius 3 is 2.90 bits per heavy atom. The van der Waals surface area contributed by atoms with Gasteiger partial charge in [0.05, 0.1) is 5.75 Å². The highest BCUT2D eigenvalue weighted by molar-refractivity contribution is 7.90. The molecule has 0 bridgehead atoms. The molecular weight excluding hydrogens is 402 g/mol. The van der Waals surface area contributed by atoms with E-state index in [1.165, 1.54) is 13.0 Å². The summed E-state index contributed by atoms with van der Waals surface area (Å²) < 4.78 is 42.9. The highest BCUT2D eigenvalue weighted by atomic mass is 32.2. The minimum absolute atomic E-state index is 0.00729. The number of nitrogens with one attached hydrogen (secondary N) is 1. The number of ether oxygens (including phenoxy) is 3. The van der Waals surface area contributed by atoms with Gasteiger partial charge in [0.1, 0.15) is 5.57 Å². The summed E-state index contributed by atoms with van der Waals surface area (Å²) in [5.41, 5.74) is 0.425. The number of benzene rings is 1. The molecule has 1 aromatic carbocycles. The van der Waals surface area contributed by atoms with E-state index in [9.17, 15) is 18.0 Å². The fourth-order valence-corrected chi connectivity index (χ4v) is 3.86. The Balaban J connectivity index is 1.43. The van der Waals surface area contributed by atoms with Gasteiger partial charge >= 0.3 is 5.97 Å². The summed E-state index contributed by atoms with van der Waals surface area (Å²) in [6, 6.07) is 4.89. The van der Waals surface area contributed by atoms with Crippen molar-refractivity contribution in [3.05, 3.63) is 42.1 Å². The van der Waals surface area contributed by atoms with Crippen molar-refractivity contribution in [2.75, 3.05) is 24.4 Å². The van der Waals surface area contributed by atoms with Crippen LogP contribution in [-0.2, 0) is 24.3 Å². The molecule has 0 spiro atoms. The fraction of sp³-hybridized carbons (Fsp3) is 0.278. The van der Waals surface area contributed by atoms with Crippen molar-refractivity contribution in [3.8, 4) is 11.5 Å². The Morgan fingerprint density at radius 2 is 2.07 bits per heavy atom. The monoisotopic (exact) mass is 419 g/mol. The number of esters is 1. The first-order chi connectivity index (χ1) is 13.8. The van der Waals surface area contributed by atoms with Crippen molar-refractivity contribution in [2.45, 2.75) is 13.0 Å². The number of amides is 1. The molecular formula is C18H17N3O7S. The van der Waals surface area contributed by atoms with Crippen molar-refractivity contribution in [2.24, 2.45) is 4.40 Å². The van der Waals surface area contributed by atoms with E-state index in [-0.39, 0.29) is 30.5 Å². The van der Waals surface area contributed by atoms with Gasteiger partial charge in [0, 0.05) is 24.5 Å². The quantitative estimate of drug-likeness (QED) is 0.711. The van der Waals surface area contributed by atoms with Crippen molar-refractivity contribution in [3.63, 3.8) is 0 Å². The van der Waals surface area contributed by atoms with E-state index in [0.717, 1.165) is 0 Å². The molecule has 4 rings (SSSR count). The van der Waals surface area contributed by atoms with Gasteiger partial charge in [0.25, 0.3) is 15.9 Å². The van der Waals surface area contributed by atoms with E-state index in [1.807, 2.05) is 0 Å². The number of carbonyl (C=O) groups excluding carboxylic acids is 2. The van der Waals surface area contributed by atoms with E-state index in [0.29, 0.717) is 17.2 Å². The zero-order chi connectivity index (χ0) is 20.6. The molecule has 3 aliphatic rings. The average molecular weight is 419 g/mol. The van der Waals surface area contributed by atoms with Crippen molar-refractivity contribution < 1.29 is 32.2 Å². The van der Waals surface area contributed by atoms with Gasteiger partial charge in [-0.2, -0.15) is 0 Å². The van der Waals surface area contributed by atoms with Gasteiger partial charge in [-0.15, -0.1) is 4.40 Å². The minimum atomic E-state index is -3.65. The molecule has 0 aliphatic carbocycles. The molecule has 29 heavy (non-hydrogen) atoms. The highest BCUT2D eigenvalue weighted by Crippen LogP contribution is 2.34. The Kier molecular flexibility index (Phi) is 4.74. The Bertz CT molecular complexity index is 1070. The van der Waals surface area contributed by atoms with Crippen LogP contribution in [-0.4, -0.2) is 56.2 Å². The van der Waals surface area contributed by atoms with Crippen LogP contribution in [0.25, 0.3) is 0 Å². The first-order valence-electron chi connectivity index (χ1n) is 8.72. The average Bonchev–Trinajstić information content (AvgIpc) is 3.14. The first-order valence-corrected chi connectivity index (χ1v) is 10.3. The maximum Gasteiger partial charge on any atom is 0.342 e. The molecule has 1 amide bonds. The second-order valence-corrected chi connectivity index (χ2v) is 8.18. The molecule has 0 aromatic heterocycles. The van der Waals surface area contributed by atoms with E-state index >= 15 is 0 Å². The molecule has 3 aliphatic heterocycles. The number of amidine groups is 1. The lowest BCUT2D eigenvalue weighted by atomic mass is 10.1. The third-order valence-electron chi connectivity index (χ3n) is 4.37. The normalized spacial score (nSPS) is 19.6. The van der Waals surface area contributed by atoms with Crippen LogP contribution in [0.5, 0.6) is 11.5 Å². The van der Waals surface area contributed by atoms with Crippen molar-refractivity contribution in [1.82, 2.24) is 4.90 Å². The molecule has 1 N–H and O–H groups in total. The lowest BCUT2D eigenvalue weighted by molar-refractivity contribution is -0.148. The molecule has 0 radical (unpaired) electrons. The SMILES string of the molecule is C[C@H](OC(=O)C1=CC=CN2CCS(=O)(=O)N=C12)C(=O)Nc1ccc2c(c1)OCO2. The van der Waals surface area contributed by atoms with Crippen LogP contribution in [0.2, 0.25) is 0 Å². The number of nitrogens with zero attached hydrogens (tertiary/aromatic N) is 2. The second kappa shape index (κ2) is 7.24. The van der Waals surface area contributed by atoms with E-state index in [2.05, 4.69) is 9.71 Å². The lowest BCUT2D eigenvalue weighted by Gasteiger charge is -2.28. The molecule has 0 fully saturated rings. The highest BCUT2D eigenvalue weighted by Gasteiger charge is 2.32. The summed E-state index contributed by atoms with van der Waals surface area (Å²) in [5.74, 6) is -0.469. The van der Waals surface area contributed by atoms with E-state index < -0.39 is 28.0 Å². The van der Waals surface area contributed by atoms with Gasteiger partial charge in [0.2, 0.25) is 6.79 Å². The largest absolute Gasteiger partial charge is 0.454 e. The van der Waals surface area contributed by atoms with Gasteiger partial charge in [-0.1, -0.05) is 0 Å². The molecule has 0 unspecified atom stereocenters. The standard InChI is InChI=1S/C18H17N3O7S/c1-11(17(22)19-12-4-5-14-15(9-12)27-10-26-14)28-18(23)13-3-2-6-21-7-8-29(24,25)20-16(13)21/h2-6,9,11H,7-8,10H2,1H3,(H,19,22)/t11-/m0/s1. The smallest absolute Gasteiger partial charge is 0.342 e. The van der Waals surface area contributed by atoms with Crippen LogP contribution in [0.15, 0.2) is 46.5 Å². The number of hydrogen-bond acceptors (Lipinski definition) is 8. The van der Waals surface area contributed by atoms with E-state index in [4.69, 9.17) is 14.2 Å². The Morgan fingerprint density at radius 1 is 1.28 bits per heavy atom. The van der Waals surface area contributed by atoms with Crippen molar-refractivity contribution in [1.29, 1.82) is 0 Å². The van der Waals surface area contributed by atoms with Gasteiger partial charge in [0.15, 0.2) is 23.4 Å². The first kappa shape index (κ1) is 19.0. The minimum Gasteiger partial charge on any atom is -0.454 e. The Labute approximate surface area is 166 Å².